The average molecular weight is 593 g/mol. The van der Waals surface area contributed by atoms with Crippen LogP contribution in [0.1, 0.15) is 86.1 Å². The van der Waals surface area contributed by atoms with Crippen LogP contribution in [0.25, 0.3) is 33.4 Å². The molecule has 0 fully saturated rings. The Balaban J connectivity index is 1.63. The largest absolute Gasteiger partial charge is 0.0648 e. The molecule has 0 saturated carbocycles. The van der Waals surface area contributed by atoms with Gasteiger partial charge < -0.3 is 0 Å². The third-order valence-corrected chi connectivity index (χ3v) is 11.3. The van der Waals surface area contributed by atoms with Gasteiger partial charge in [0.15, 0.2) is 0 Å². The second-order valence-electron chi connectivity index (χ2n) is 15.7. The van der Waals surface area contributed by atoms with Crippen molar-refractivity contribution in [3.8, 4) is 33.4 Å². The van der Waals surface area contributed by atoms with Crippen molar-refractivity contribution in [3.63, 3.8) is 0 Å². The van der Waals surface area contributed by atoms with Crippen molar-refractivity contribution in [1.29, 1.82) is 0 Å². The van der Waals surface area contributed by atoms with Crippen LogP contribution in [0.15, 0.2) is 133 Å². The molecule has 6 aromatic carbocycles. The standard InChI is InChI=1S/C46H40/c1-43(2,3)29-23-25-35-36-26-24-30(44(4,5)6)28-42(36)46-39-21-13-9-17-33(39)31-15-7-11-19-37(31)45(46,41(35)27-29)38-20-12-8-16-32(38)34-18-10-14-22-40(34)46/h7-28H,1-6H3. The Morgan fingerprint density at radius 2 is 0.565 bits per heavy atom. The van der Waals surface area contributed by atoms with Gasteiger partial charge >= 0.3 is 0 Å². The molecule has 6 aromatic rings. The molecule has 0 nitrogen and oxygen atoms in total. The van der Waals surface area contributed by atoms with Crippen molar-refractivity contribution >= 4 is 0 Å². The Labute approximate surface area is 273 Å². The van der Waals surface area contributed by atoms with Crippen LogP contribution in [0.5, 0.6) is 0 Å². The van der Waals surface area contributed by atoms with Gasteiger partial charge in [0.25, 0.3) is 0 Å². The lowest BCUT2D eigenvalue weighted by Crippen LogP contribution is -2.58. The van der Waals surface area contributed by atoms with Gasteiger partial charge in [0.05, 0.1) is 10.8 Å². The second-order valence-corrected chi connectivity index (χ2v) is 15.7. The van der Waals surface area contributed by atoms with Crippen molar-refractivity contribution in [2.45, 2.75) is 63.2 Å². The monoisotopic (exact) mass is 592 g/mol. The Hall–Kier alpha value is -4.68. The van der Waals surface area contributed by atoms with Gasteiger partial charge in [-0.05, 0) is 88.7 Å². The van der Waals surface area contributed by atoms with Crippen molar-refractivity contribution < 1.29 is 0 Å². The predicted molar refractivity (Wildman–Crippen MR) is 193 cm³/mol. The Morgan fingerprint density at radius 3 is 0.848 bits per heavy atom. The highest BCUT2D eigenvalue weighted by atomic mass is 14.7. The van der Waals surface area contributed by atoms with E-state index in [2.05, 4.69) is 175 Å². The fourth-order valence-corrected chi connectivity index (χ4v) is 9.37. The maximum absolute atomic E-state index is 2.58. The summed E-state index contributed by atoms with van der Waals surface area (Å²) in [5.41, 5.74) is 18.2. The van der Waals surface area contributed by atoms with E-state index in [0.717, 1.165) is 0 Å². The maximum Gasteiger partial charge on any atom is 0.0648 e. The first-order valence-electron chi connectivity index (χ1n) is 16.8. The third-order valence-electron chi connectivity index (χ3n) is 11.3. The Kier molecular flexibility index (Phi) is 5.39. The van der Waals surface area contributed by atoms with Crippen molar-refractivity contribution in [2.75, 3.05) is 0 Å². The molecule has 224 valence electrons. The summed E-state index contributed by atoms with van der Waals surface area (Å²) in [6.07, 6.45) is 0. The molecule has 0 bridgehead atoms. The van der Waals surface area contributed by atoms with Gasteiger partial charge in [0, 0.05) is 0 Å². The van der Waals surface area contributed by atoms with Crippen LogP contribution < -0.4 is 0 Å². The lowest BCUT2D eigenvalue weighted by molar-refractivity contribution is 0.403. The fourth-order valence-electron chi connectivity index (χ4n) is 9.37. The van der Waals surface area contributed by atoms with Gasteiger partial charge in [0.1, 0.15) is 0 Å². The minimum Gasteiger partial charge on any atom is -0.0619 e. The molecule has 9 rings (SSSR count). The zero-order chi connectivity index (χ0) is 31.6. The molecule has 0 heteroatoms. The summed E-state index contributed by atoms with van der Waals surface area (Å²) in [7, 11) is 0. The molecular formula is C46H40. The normalized spacial score (nSPS) is 20.1. The average Bonchev–Trinajstić information content (AvgIpc) is 3.07. The van der Waals surface area contributed by atoms with Gasteiger partial charge in [-0.2, -0.15) is 0 Å². The summed E-state index contributed by atoms with van der Waals surface area (Å²) in [6.45, 7) is 14.1. The molecule has 3 aliphatic carbocycles. The number of fused-ring (bicyclic) bond motifs is 9. The smallest absolute Gasteiger partial charge is 0.0619 e. The van der Waals surface area contributed by atoms with E-state index in [-0.39, 0.29) is 10.8 Å². The molecule has 0 heterocycles. The third kappa shape index (κ3) is 3.20. The van der Waals surface area contributed by atoms with Gasteiger partial charge in [-0.15, -0.1) is 0 Å². The van der Waals surface area contributed by atoms with Crippen LogP contribution in [0.4, 0.5) is 0 Å². The van der Waals surface area contributed by atoms with E-state index in [0.29, 0.717) is 0 Å². The molecule has 0 spiro atoms. The van der Waals surface area contributed by atoms with E-state index in [9.17, 15) is 0 Å². The van der Waals surface area contributed by atoms with Crippen molar-refractivity contribution in [2.24, 2.45) is 0 Å². The van der Waals surface area contributed by atoms with Crippen LogP contribution in [0.2, 0.25) is 0 Å². The Bertz CT molecular complexity index is 1980. The lowest BCUT2D eigenvalue weighted by atomic mass is 9.38. The van der Waals surface area contributed by atoms with Gasteiger partial charge in [-0.1, -0.05) is 175 Å². The first-order chi connectivity index (χ1) is 22.1. The quantitative estimate of drug-likeness (QED) is 0.165. The minimum atomic E-state index is -0.497. The molecule has 0 aromatic heterocycles. The fraction of sp³-hybridized carbons (Fsp3) is 0.217. The highest BCUT2D eigenvalue weighted by molar-refractivity contribution is 5.98. The van der Waals surface area contributed by atoms with E-state index < -0.39 is 10.8 Å². The van der Waals surface area contributed by atoms with Crippen LogP contribution >= 0.6 is 0 Å². The minimum absolute atomic E-state index is 0.00286. The summed E-state index contributed by atoms with van der Waals surface area (Å²) < 4.78 is 0. The number of hydrogen-bond acceptors (Lipinski definition) is 0. The Morgan fingerprint density at radius 1 is 0.304 bits per heavy atom. The van der Waals surface area contributed by atoms with Crippen molar-refractivity contribution in [1.82, 2.24) is 0 Å². The summed E-state index contributed by atoms with van der Waals surface area (Å²) in [4.78, 5) is 0. The van der Waals surface area contributed by atoms with E-state index in [1.54, 1.807) is 0 Å². The van der Waals surface area contributed by atoms with Crippen LogP contribution in [0.3, 0.4) is 0 Å². The molecule has 0 radical (unpaired) electrons. The molecule has 0 N–H and O–H groups in total. The highest BCUT2D eigenvalue weighted by Crippen LogP contribution is 2.73. The van der Waals surface area contributed by atoms with E-state index >= 15 is 0 Å². The maximum atomic E-state index is 2.58. The van der Waals surface area contributed by atoms with Crippen LogP contribution in [-0.2, 0) is 21.7 Å². The van der Waals surface area contributed by atoms with E-state index in [1.807, 2.05) is 0 Å². The molecule has 46 heavy (non-hydrogen) atoms. The van der Waals surface area contributed by atoms with Gasteiger partial charge in [0.2, 0.25) is 0 Å². The summed E-state index contributed by atoms with van der Waals surface area (Å²) in [5, 5.41) is 0. The van der Waals surface area contributed by atoms with Crippen LogP contribution in [0, 0.1) is 0 Å². The SMILES string of the molecule is CC(C)(C)c1ccc2c(c1)C13c4ccccc4-c4ccccc4C1(c1ccccc1-c1ccccc13)c1cc(C(C)(C)C)ccc1-2. The zero-order valence-corrected chi connectivity index (χ0v) is 27.7. The highest BCUT2D eigenvalue weighted by Gasteiger charge is 2.66. The lowest BCUT2D eigenvalue weighted by Gasteiger charge is -2.62. The van der Waals surface area contributed by atoms with Gasteiger partial charge in [-0.3, -0.25) is 0 Å². The molecule has 0 atom stereocenters. The molecule has 3 aliphatic rings. The summed E-state index contributed by atoms with van der Waals surface area (Å²) >= 11 is 0. The second kappa shape index (κ2) is 8.98. The number of rotatable bonds is 0. The predicted octanol–water partition coefficient (Wildman–Crippen LogP) is 11.6. The van der Waals surface area contributed by atoms with Gasteiger partial charge in [-0.25, -0.2) is 0 Å². The van der Waals surface area contributed by atoms with Crippen molar-refractivity contribution in [3.05, 3.63) is 178 Å². The summed E-state index contributed by atoms with van der Waals surface area (Å²) in [5.74, 6) is 0. The van der Waals surface area contributed by atoms with E-state index in [4.69, 9.17) is 0 Å². The molecule has 0 amide bonds. The number of hydrogen-bond donors (Lipinski definition) is 0. The molecular weight excluding hydrogens is 553 g/mol. The molecule has 0 aliphatic heterocycles. The topological polar surface area (TPSA) is 0 Å². The zero-order valence-electron chi connectivity index (χ0n) is 27.7. The van der Waals surface area contributed by atoms with E-state index in [1.165, 1.54) is 77.9 Å². The summed E-state index contributed by atoms with van der Waals surface area (Å²) in [6, 6.07) is 52.0. The number of benzene rings is 6. The van der Waals surface area contributed by atoms with Crippen LogP contribution in [-0.4, -0.2) is 0 Å². The molecule has 0 unspecified atom stereocenters. The first kappa shape index (κ1) is 27.6. The molecule has 0 saturated heterocycles. The first-order valence-corrected chi connectivity index (χ1v) is 16.8.